The Morgan fingerprint density at radius 3 is 2.53 bits per heavy atom. The number of halogens is 1. The highest BCUT2D eigenvalue weighted by Gasteiger charge is 2.29. The number of benzene rings is 1. The highest BCUT2D eigenvalue weighted by Crippen LogP contribution is 2.32. The fraction of sp³-hybridized carbons (Fsp3) is 0.538. The molecule has 82 valence electrons. The third kappa shape index (κ3) is 2.20. The summed E-state index contributed by atoms with van der Waals surface area (Å²) in [5.41, 5.74) is 2.77. The van der Waals surface area contributed by atoms with Gasteiger partial charge in [-0.15, -0.1) is 0 Å². The average Bonchev–Trinajstić information content (AvgIpc) is 2.05. The molecular weight excluding hydrogens is 250 g/mol. The van der Waals surface area contributed by atoms with Gasteiger partial charge in [-0.25, -0.2) is 0 Å². The molecule has 1 heterocycles. The molecule has 1 fully saturated rings. The van der Waals surface area contributed by atoms with Crippen LogP contribution in [0.2, 0.25) is 0 Å². The van der Waals surface area contributed by atoms with E-state index in [0.29, 0.717) is 0 Å². The van der Waals surface area contributed by atoms with Gasteiger partial charge < -0.3 is 4.90 Å². The van der Waals surface area contributed by atoms with Crippen molar-refractivity contribution in [2.45, 2.75) is 20.8 Å². The third-order valence-electron chi connectivity index (χ3n) is 3.35. The fourth-order valence-corrected chi connectivity index (χ4v) is 2.58. The van der Waals surface area contributed by atoms with Crippen LogP contribution in [-0.4, -0.2) is 13.1 Å². The van der Waals surface area contributed by atoms with Gasteiger partial charge in [0.1, 0.15) is 0 Å². The summed E-state index contributed by atoms with van der Waals surface area (Å²) < 4.78 is 1.17. The number of anilines is 1. The summed E-state index contributed by atoms with van der Waals surface area (Å²) in [6.45, 7) is 9.26. The molecule has 2 rings (SSSR count). The van der Waals surface area contributed by atoms with Crippen molar-refractivity contribution in [2.75, 3.05) is 18.0 Å². The van der Waals surface area contributed by atoms with Crippen molar-refractivity contribution in [3.8, 4) is 0 Å². The summed E-state index contributed by atoms with van der Waals surface area (Å²) in [7, 11) is 0. The molecule has 0 bridgehead atoms. The average molecular weight is 268 g/mol. The van der Waals surface area contributed by atoms with Crippen molar-refractivity contribution in [3.05, 3.63) is 28.2 Å². The van der Waals surface area contributed by atoms with Gasteiger partial charge in [-0.3, -0.25) is 0 Å². The molecule has 0 atom stereocenters. The Balaban J connectivity index is 2.07. The predicted octanol–water partition coefficient (Wildman–Crippen LogP) is 3.85. The summed E-state index contributed by atoms with van der Waals surface area (Å²) in [5.74, 6) is 1.70. The van der Waals surface area contributed by atoms with Gasteiger partial charge in [0.2, 0.25) is 0 Å². The molecule has 0 aromatic heterocycles. The molecule has 2 heteroatoms. The molecule has 0 N–H and O–H groups in total. The van der Waals surface area contributed by atoms with Crippen LogP contribution in [0.15, 0.2) is 22.7 Å². The first-order valence-corrected chi connectivity index (χ1v) is 6.38. The number of hydrogen-bond acceptors (Lipinski definition) is 1. The van der Waals surface area contributed by atoms with E-state index in [1.54, 1.807) is 0 Å². The SMILES string of the molecule is Cc1cc(Br)ccc1N1CC(C(C)C)C1. The van der Waals surface area contributed by atoms with E-state index in [2.05, 4.69) is 59.8 Å². The summed E-state index contributed by atoms with van der Waals surface area (Å²) in [4.78, 5) is 2.48. The zero-order valence-electron chi connectivity index (χ0n) is 9.63. The fourth-order valence-electron chi connectivity index (χ4n) is 2.10. The Morgan fingerprint density at radius 2 is 2.00 bits per heavy atom. The Labute approximate surface area is 101 Å². The third-order valence-corrected chi connectivity index (χ3v) is 3.85. The molecule has 1 aromatic rings. The molecule has 0 radical (unpaired) electrons. The lowest BCUT2D eigenvalue weighted by Gasteiger charge is -2.44. The van der Waals surface area contributed by atoms with E-state index in [0.717, 1.165) is 11.8 Å². The van der Waals surface area contributed by atoms with Crippen molar-refractivity contribution in [1.82, 2.24) is 0 Å². The molecule has 0 unspecified atom stereocenters. The van der Waals surface area contributed by atoms with Crippen molar-refractivity contribution >= 4 is 21.6 Å². The van der Waals surface area contributed by atoms with Gasteiger partial charge in [0.25, 0.3) is 0 Å². The Morgan fingerprint density at radius 1 is 1.33 bits per heavy atom. The Hall–Kier alpha value is -0.500. The van der Waals surface area contributed by atoms with Crippen LogP contribution >= 0.6 is 15.9 Å². The van der Waals surface area contributed by atoms with E-state index in [9.17, 15) is 0 Å². The summed E-state index contributed by atoms with van der Waals surface area (Å²) in [5, 5.41) is 0. The molecular formula is C13H18BrN. The Bertz CT molecular complexity index is 354. The molecule has 0 saturated carbocycles. The van der Waals surface area contributed by atoms with Crippen LogP contribution in [-0.2, 0) is 0 Å². The molecule has 1 saturated heterocycles. The first kappa shape index (κ1) is 11.0. The van der Waals surface area contributed by atoms with Crippen molar-refractivity contribution in [2.24, 2.45) is 11.8 Å². The van der Waals surface area contributed by atoms with Crippen LogP contribution in [0, 0.1) is 18.8 Å². The van der Waals surface area contributed by atoms with Gasteiger partial charge in [0.05, 0.1) is 0 Å². The van der Waals surface area contributed by atoms with E-state index in [1.165, 1.54) is 28.8 Å². The van der Waals surface area contributed by atoms with E-state index >= 15 is 0 Å². The largest absolute Gasteiger partial charge is 0.371 e. The standard InChI is InChI=1S/C13H18BrN/c1-9(2)11-7-15(8-11)13-5-4-12(14)6-10(13)3/h4-6,9,11H,7-8H2,1-3H3. The van der Waals surface area contributed by atoms with Gasteiger partial charge in [0, 0.05) is 23.2 Å². The van der Waals surface area contributed by atoms with Crippen LogP contribution in [0.4, 0.5) is 5.69 Å². The summed E-state index contributed by atoms with van der Waals surface area (Å²) >= 11 is 3.50. The minimum atomic E-state index is 0.817. The van der Waals surface area contributed by atoms with Crippen molar-refractivity contribution in [1.29, 1.82) is 0 Å². The van der Waals surface area contributed by atoms with Gasteiger partial charge >= 0.3 is 0 Å². The van der Waals surface area contributed by atoms with Gasteiger partial charge in [-0.2, -0.15) is 0 Å². The van der Waals surface area contributed by atoms with E-state index in [4.69, 9.17) is 0 Å². The monoisotopic (exact) mass is 267 g/mol. The lowest BCUT2D eigenvalue weighted by Crippen LogP contribution is -2.49. The van der Waals surface area contributed by atoms with Crippen LogP contribution in [0.5, 0.6) is 0 Å². The number of hydrogen-bond donors (Lipinski definition) is 0. The van der Waals surface area contributed by atoms with Crippen LogP contribution in [0.25, 0.3) is 0 Å². The minimum absolute atomic E-state index is 0.817. The second-order valence-electron chi connectivity index (χ2n) is 4.84. The Kier molecular flexibility index (Phi) is 3.06. The second kappa shape index (κ2) is 4.17. The maximum atomic E-state index is 3.50. The smallest absolute Gasteiger partial charge is 0.0396 e. The zero-order valence-corrected chi connectivity index (χ0v) is 11.2. The van der Waals surface area contributed by atoms with Crippen LogP contribution in [0.3, 0.4) is 0 Å². The molecule has 1 aromatic carbocycles. The molecule has 0 aliphatic carbocycles. The van der Waals surface area contributed by atoms with Gasteiger partial charge in [0.15, 0.2) is 0 Å². The molecule has 1 aliphatic heterocycles. The van der Waals surface area contributed by atoms with Crippen LogP contribution in [0.1, 0.15) is 19.4 Å². The zero-order chi connectivity index (χ0) is 11.0. The highest BCUT2D eigenvalue weighted by molar-refractivity contribution is 9.10. The van der Waals surface area contributed by atoms with Crippen LogP contribution < -0.4 is 4.90 Å². The number of nitrogens with zero attached hydrogens (tertiary/aromatic N) is 1. The van der Waals surface area contributed by atoms with E-state index in [1.807, 2.05) is 0 Å². The minimum Gasteiger partial charge on any atom is -0.371 e. The van der Waals surface area contributed by atoms with Gasteiger partial charge in [-0.05, 0) is 42.5 Å². The van der Waals surface area contributed by atoms with Gasteiger partial charge in [-0.1, -0.05) is 29.8 Å². The molecule has 1 aliphatic rings. The number of rotatable bonds is 2. The molecule has 1 nitrogen and oxygen atoms in total. The predicted molar refractivity (Wildman–Crippen MR) is 69.4 cm³/mol. The molecule has 0 spiro atoms. The first-order chi connectivity index (χ1) is 7.08. The second-order valence-corrected chi connectivity index (χ2v) is 5.76. The quantitative estimate of drug-likeness (QED) is 0.787. The topological polar surface area (TPSA) is 3.24 Å². The molecule has 0 amide bonds. The molecule has 15 heavy (non-hydrogen) atoms. The maximum absolute atomic E-state index is 3.50. The number of aryl methyl sites for hydroxylation is 1. The lowest BCUT2D eigenvalue weighted by atomic mass is 9.87. The lowest BCUT2D eigenvalue weighted by molar-refractivity contribution is 0.309. The van der Waals surface area contributed by atoms with E-state index in [-0.39, 0.29) is 0 Å². The van der Waals surface area contributed by atoms with E-state index < -0.39 is 0 Å². The first-order valence-electron chi connectivity index (χ1n) is 5.59. The summed E-state index contributed by atoms with van der Waals surface area (Å²) in [6.07, 6.45) is 0. The van der Waals surface area contributed by atoms with Crippen molar-refractivity contribution < 1.29 is 0 Å². The highest BCUT2D eigenvalue weighted by atomic mass is 79.9. The normalized spacial score (nSPS) is 17.0. The summed E-state index contributed by atoms with van der Waals surface area (Å²) in [6, 6.07) is 6.54. The maximum Gasteiger partial charge on any atom is 0.0396 e. The van der Waals surface area contributed by atoms with Crippen molar-refractivity contribution in [3.63, 3.8) is 0 Å².